The highest BCUT2D eigenvalue weighted by Crippen LogP contribution is 2.33. The normalized spacial score (nSPS) is 29.0. The van der Waals surface area contributed by atoms with Crippen molar-refractivity contribution in [2.75, 3.05) is 32.7 Å². The van der Waals surface area contributed by atoms with E-state index < -0.39 is 12.7 Å². The summed E-state index contributed by atoms with van der Waals surface area (Å²) in [7, 11) is 0. The zero-order chi connectivity index (χ0) is 13.5. The Hall–Kier alpha value is -1.01. The van der Waals surface area contributed by atoms with Gasteiger partial charge in [0.05, 0.1) is 19.4 Å². The molecule has 2 fully saturated rings. The molecular weight excluding hydrogens is 257 g/mol. The number of alkyl halides is 3. The SMILES string of the molecule is FC(F)(F)CN1CC2CN(Cc3ccco3)CC2C1. The topological polar surface area (TPSA) is 19.6 Å². The lowest BCUT2D eigenvalue weighted by Gasteiger charge is -2.21. The summed E-state index contributed by atoms with van der Waals surface area (Å²) >= 11 is 0. The Morgan fingerprint density at radius 2 is 1.74 bits per heavy atom. The lowest BCUT2D eigenvalue weighted by Crippen LogP contribution is -2.35. The summed E-state index contributed by atoms with van der Waals surface area (Å²) < 4.78 is 42.3. The summed E-state index contributed by atoms with van der Waals surface area (Å²) in [6.07, 6.45) is -2.43. The number of nitrogens with zero attached hydrogens (tertiary/aromatic N) is 2. The highest BCUT2D eigenvalue weighted by atomic mass is 19.4. The lowest BCUT2D eigenvalue weighted by atomic mass is 10.0. The minimum atomic E-state index is -4.08. The second kappa shape index (κ2) is 4.83. The lowest BCUT2D eigenvalue weighted by molar-refractivity contribution is -0.144. The van der Waals surface area contributed by atoms with Crippen molar-refractivity contribution in [2.24, 2.45) is 11.8 Å². The van der Waals surface area contributed by atoms with Crippen molar-refractivity contribution in [3.8, 4) is 0 Å². The van der Waals surface area contributed by atoms with Crippen molar-refractivity contribution < 1.29 is 17.6 Å². The number of likely N-dealkylation sites (tertiary alicyclic amines) is 2. The predicted molar refractivity (Wildman–Crippen MR) is 63.5 cm³/mol. The maximum atomic E-state index is 12.3. The molecule has 6 heteroatoms. The van der Waals surface area contributed by atoms with Crippen molar-refractivity contribution in [3.05, 3.63) is 24.2 Å². The smallest absolute Gasteiger partial charge is 0.401 e. The van der Waals surface area contributed by atoms with E-state index in [-0.39, 0.29) is 0 Å². The Morgan fingerprint density at radius 1 is 1.11 bits per heavy atom. The molecule has 2 aliphatic heterocycles. The van der Waals surface area contributed by atoms with Crippen molar-refractivity contribution in [1.82, 2.24) is 9.80 Å². The van der Waals surface area contributed by atoms with Crippen LogP contribution in [0.1, 0.15) is 5.76 Å². The van der Waals surface area contributed by atoms with Gasteiger partial charge in [-0.15, -0.1) is 0 Å². The van der Waals surface area contributed by atoms with Crippen LogP contribution in [0.4, 0.5) is 13.2 Å². The van der Waals surface area contributed by atoms with E-state index in [1.807, 2.05) is 12.1 Å². The molecule has 2 atom stereocenters. The van der Waals surface area contributed by atoms with Gasteiger partial charge in [-0.3, -0.25) is 9.80 Å². The third-order valence-corrected chi connectivity index (χ3v) is 4.00. The first kappa shape index (κ1) is 13.0. The molecule has 0 bridgehead atoms. The second-order valence-corrected chi connectivity index (χ2v) is 5.60. The highest BCUT2D eigenvalue weighted by molar-refractivity contribution is 5.00. The van der Waals surface area contributed by atoms with E-state index in [1.165, 1.54) is 0 Å². The van der Waals surface area contributed by atoms with Gasteiger partial charge in [0, 0.05) is 26.2 Å². The van der Waals surface area contributed by atoms with E-state index >= 15 is 0 Å². The first-order chi connectivity index (χ1) is 8.99. The van der Waals surface area contributed by atoms with Crippen LogP contribution in [0, 0.1) is 11.8 Å². The van der Waals surface area contributed by atoms with Crippen LogP contribution >= 0.6 is 0 Å². The monoisotopic (exact) mass is 274 g/mol. The van der Waals surface area contributed by atoms with Gasteiger partial charge in [0.15, 0.2) is 0 Å². The van der Waals surface area contributed by atoms with Gasteiger partial charge in [-0.2, -0.15) is 13.2 Å². The summed E-state index contributed by atoms with van der Waals surface area (Å²) in [6.45, 7) is 2.88. The second-order valence-electron chi connectivity index (χ2n) is 5.60. The van der Waals surface area contributed by atoms with Crippen LogP contribution in [0.2, 0.25) is 0 Å². The molecule has 3 nitrogen and oxygen atoms in total. The number of rotatable bonds is 3. The van der Waals surface area contributed by atoms with E-state index in [0.717, 1.165) is 25.4 Å². The molecule has 0 saturated carbocycles. The van der Waals surface area contributed by atoms with Crippen LogP contribution < -0.4 is 0 Å². The molecule has 3 heterocycles. The van der Waals surface area contributed by atoms with Gasteiger partial charge in [-0.1, -0.05) is 0 Å². The van der Waals surface area contributed by atoms with Gasteiger partial charge >= 0.3 is 6.18 Å². The van der Waals surface area contributed by atoms with Gasteiger partial charge in [-0.05, 0) is 24.0 Å². The quantitative estimate of drug-likeness (QED) is 0.842. The third-order valence-electron chi connectivity index (χ3n) is 4.00. The van der Waals surface area contributed by atoms with Crippen LogP contribution in [0.5, 0.6) is 0 Å². The zero-order valence-corrected chi connectivity index (χ0v) is 10.6. The number of hydrogen-bond acceptors (Lipinski definition) is 3. The maximum absolute atomic E-state index is 12.3. The zero-order valence-electron chi connectivity index (χ0n) is 10.6. The van der Waals surface area contributed by atoms with Crippen molar-refractivity contribution in [2.45, 2.75) is 12.7 Å². The standard InChI is InChI=1S/C13H17F3N2O/c14-13(15,16)9-18-6-10-4-17(5-11(10)7-18)8-12-2-1-3-19-12/h1-3,10-11H,4-9H2. The molecule has 0 N–H and O–H groups in total. The largest absolute Gasteiger partial charge is 0.468 e. The molecule has 0 amide bonds. The average molecular weight is 274 g/mol. The molecule has 3 rings (SSSR count). The minimum Gasteiger partial charge on any atom is -0.468 e. The molecule has 1 aromatic heterocycles. The average Bonchev–Trinajstić information content (AvgIpc) is 2.92. The summed E-state index contributed by atoms with van der Waals surface area (Å²) in [6, 6.07) is 3.79. The van der Waals surface area contributed by atoms with Crippen molar-refractivity contribution in [3.63, 3.8) is 0 Å². The van der Waals surface area contributed by atoms with E-state index in [0.29, 0.717) is 24.9 Å². The molecule has 0 aromatic carbocycles. The first-order valence-corrected chi connectivity index (χ1v) is 6.53. The molecule has 19 heavy (non-hydrogen) atoms. The number of furan rings is 1. The van der Waals surface area contributed by atoms with Crippen molar-refractivity contribution >= 4 is 0 Å². The Labute approximate surface area is 110 Å². The summed E-state index contributed by atoms with van der Waals surface area (Å²) in [5.41, 5.74) is 0. The summed E-state index contributed by atoms with van der Waals surface area (Å²) in [5, 5.41) is 0. The van der Waals surface area contributed by atoms with Gasteiger partial charge in [-0.25, -0.2) is 0 Å². The van der Waals surface area contributed by atoms with Gasteiger partial charge < -0.3 is 4.42 Å². The first-order valence-electron chi connectivity index (χ1n) is 6.53. The molecule has 2 saturated heterocycles. The van der Waals surface area contributed by atoms with Crippen LogP contribution in [-0.2, 0) is 6.54 Å². The molecule has 1 aromatic rings. The van der Waals surface area contributed by atoms with E-state index in [1.54, 1.807) is 11.2 Å². The van der Waals surface area contributed by atoms with E-state index in [2.05, 4.69) is 4.90 Å². The fourth-order valence-corrected chi connectivity index (χ4v) is 3.32. The van der Waals surface area contributed by atoms with Gasteiger partial charge in [0.1, 0.15) is 5.76 Å². The van der Waals surface area contributed by atoms with Crippen LogP contribution in [0.15, 0.2) is 22.8 Å². The summed E-state index contributed by atoms with van der Waals surface area (Å²) in [4.78, 5) is 3.82. The number of hydrogen-bond donors (Lipinski definition) is 0. The van der Waals surface area contributed by atoms with Crippen LogP contribution in [0.3, 0.4) is 0 Å². The maximum Gasteiger partial charge on any atom is 0.401 e. The minimum absolute atomic E-state index is 0.373. The Bertz CT molecular complexity index is 404. The van der Waals surface area contributed by atoms with Gasteiger partial charge in [0.2, 0.25) is 0 Å². The molecule has 2 aliphatic rings. The third kappa shape index (κ3) is 3.12. The Kier molecular flexibility index (Phi) is 3.30. The Morgan fingerprint density at radius 3 is 2.26 bits per heavy atom. The fraction of sp³-hybridized carbons (Fsp3) is 0.692. The highest BCUT2D eigenvalue weighted by Gasteiger charge is 2.43. The molecular formula is C13H17F3N2O. The van der Waals surface area contributed by atoms with E-state index in [4.69, 9.17) is 4.42 Å². The predicted octanol–water partition coefficient (Wildman–Crippen LogP) is 2.21. The Balaban J connectivity index is 1.50. The number of halogens is 3. The van der Waals surface area contributed by atoms with E-state index in [9.17, 15) is 13.2 Å². The molecule has 2 unspecified atom stereocenters. The fourth-order valence-electron chi connectivity index (χ4n) is 3.32. The molecule has 106 valence electrons. The van der Waals surface area contributed by atoms with Crippen LogP contribution in [0.25, 0.3) is 0 Å². The molecule has 0 radical (unpaired) electrons. The van der Waals surface area contributed by atoms with Crippen molar-refractivity contribution in [1.29, 1.82) is 0 Å². The van der Waals surface area contributed by atoms with Crippen LogP contribution in [-0.4, -0.2) is 48.7 Å². The van der Waals surface area contributed by atoms with Gasteiger partial charge in [0.25, 0.3) is 0 Å². The summed E-state index contributed by atoms with van der Waals surface area (Å²) in [5.74, 6) is 1.67. The molecule has 0 spiro atoms. The number of fused-ring (bicyclic) bond motifs is 1. The molecule has 0 aliphatic carbocycles.